The summed E-state index contributed by atoms with van der Waals surface area (Å²) in [4.78, 5) is 11.0. The number of methoxy groups -OCH3 is 1. The minimum Gasteiger partial charge on any atom is -0.493 e. The third-order valence-corrected chi connectivity index (χ3v) is 5.87. The Morgan fingerprint density at radius 3 is 2.67 bits per heavy atom. The smallest absolute Gasteiger partial charge is 0.161 e. The van der Waals surface area contributed by atoms with Gasteiger partial charge in [0.15, 0.2) is 11.5 Å². The fourth-order valence-electron chi connectivity index (χ4n) is 3.23. The highest BCUT2D eigenvalue weighted by Gasteiger charge is 2.15. The van der Waals surface area contributed by atoms with Gasteiger partial charge in [0, 0.05) is 4.88 Å². The standard InChI is InChI=1S/C23H23N3O3S/c1-15(17-8-9-19(29-11-10-27)20(12-17)28-2)26-22-18-13-21(16-6-4-3-5-7-16)30-23(18)25-14-24-22/h3-9,12-15,27H,10-11H2,1-2H3,(H,24,25,26). The summed E-state index contributed by atoms with van der Waals surface area (Å²) in [6.07, 6.45) is 1.59. The Morgan fingerprint density at radius 1 is 1.07 bits per heavy atom. The lowest BCUT2D eigenvalue weighted by molar-refractivity contribution is 0.196. The van der Waals surface area contributed by atoms with E-state index in [0.29, 0.717) is 11.5 Å². The number of aliphatic hydroxyl groups is 1. The monoisotopic (exact) mass is 421 g/mol. The van der Waals surface area contributed by atoms with Crippen LogP contribution >= 0.6 is 11.3 Å². The minimum atomic E-state index is -0.0435. The van der Waals surface area contributed by atoms with Crippen LogP contribution in [-0.4, -0.2) is 35.4 Å². The van der Waals surface area contributed by atoms with Crippen molar-refractivity contribution in [2.45, 2.75) is 13.0 Å². The van der Waals surface area contributed by atoms with Crippen LogP contribution in [0.3, 0.4) is 0 Å². The number of aliphatic hydroxyl groups excluding tert-OH is 1. The molecule has 0 amide bonds. The Kier molecular flexibility index (Phi) is 6.11. The van der Waals surface area contributed by atoms with Crippen LogP contribution in [0.2, 0.25) is 0 Å². The molecule has 2 aromatic carbocycles. The molecule has 0 aliphatic carbocycles. The summed E-state index contributed by atoms with van der Waals surface area (Å²) >= 11 is 1.65. The fourth-order valence-corrected chi connectivity index (χ4v) is 4.24. The summed E-state index contributed by atoms with van der Waals surface area (Å²) in [5, 5.41) is 13.5. The lowest BCUT2D eigenvalue weighted by Crippen LogP contribution is -2.09. The van der Waals surface area contributed by atoms with Crippen molar-refractivity contribution in [1.82, 2.24) is 9.97 Å². The molecule has 30 heavy (non-hydrogen) atoms. The number of rotatable bonds is 8. The van der Waals surface area contributed by atoms with Crippen molar-refractivity contribution in [1.29, 1.82) is 0 Å². The lowest BCUT2D eigenvalue weighted by atomic mass is 10.1. The first kappa shape index (κ1) is 20.1. The van der Waals surface area contributed by atoms with E-state index in [1.807, 2.05) is 36.4 Å². The lowest BCUT2D eigenvalue weighted by Gasteiger charge is -2.18. The van der Waals surface area contributed by atoms with Crippen LogP contribution in [0.4, 0.5) is 5.82 Å². The summed E-state index contributed by atoms with van der Waals surface area (Å²) in [5.41, 5.74) is 2.20. The van der Waals surface area contributed by atoms with Gasteiger partial charge in [-0.1, -0.05) is 36.4 Å². The van der Waals surface area contributed by atoms with E-state index in [0.717, 1.165) is 26.5 Å². The summed E-state index contributed by atoms with van der Waals surface area (Å²) in [7, 11) is 1.60. The van der Waals surface area contributed by atoms with E-state index in [9.17, 15) is 0 Å². The first-order chi connectivity index (χ1) is 14.7. The van der Waals surface area contributed by atoms with Gasteiger partial charge in [0.05, 0.1) is 25.1 Å². The molecule has 2 heterocycles. The maximum atomic E-state index is 8.97. The molecule has 2 aromatic heterocycles. The summed E-state index contributed by atoms with van der Waals surface area (Å²) in [5.74, 6) is 2.03. The average molecular weight is 422 g/mol. The van der Waals surface area contributed by atoms with Crippen LogP contribution in [-0.2, 0) is 0 Å². The molecular weight excluding hydrogens is 398 g/mol. The van der Waals surface area contributed by atoms with Crippen molar-refractivity contribution in [3.63, 3.8) is 0 Å². The molecule has 1 unspecified atom stereocenters. The summed E-state index contributed by atoms with van der Waals surface area (Å²) in [6.45, 7) is 2.25. The van der Waals surface area contributed by atoms with Crippen molar-refractivity contribution in [2.75, 3.05) is 25.6 Å². The van der Waals surface area contributed by atoms with Crippen LogP contribution < -0.4 is 14.8 Å². The maximum absolute atomic E-state index is 8.97. The zero-order chi connectivity index (χ0) is 20.9. The third kappa shape index (κ3) is 4.22. The number of fused-ring (bicyclic) bond motifs is 1. The Hall–Kier alpha value is -3.16. The highest BCUT2D eigenvalue weighted by molar-refractivity contribution is 7.21. The van der Waals surface area contributed by atoms with Gasteiger partial charge in [0.2, 0.25) is 0 Å². The predicted molar refractivity (Wildman–Crippen MR) is 120 cm³/mol. The number of nitrogens with zero attached hydrogens (tertiary/aromatic N) is 2. The van der Waals surface area contributed by atoms with E-state index < -0.39 is 0 Å². The van der Waals surface area contributed by atoms with Crippen LogP contribution in [0, 0.1) is 0 Å². The predicted octanol–water partition coefficient (Wildman–Crippen LogP) is 4.91. The highest BCUT2D eigenvalue weighted by Crippen LogP contribution is 2.36. The van der Waals surface area contributed by atoms with E-state index in [1.54, 1.807) is 24.8 Å². The number of hydrogen-bond donors (Lipinski definition) is 2. The molecule has 0 radical (unpaired) electrons. The Morgan fingerprint density at radius 2 is 1.90 bits per heavy atom. The number of ether oxygens (including phenoxy) is 2. The molecule has 1 atom stereocenters. The quantitative estimate of drug-likeness (QED) is 0.421. The van der Waals surface area contributed by atoms with E-state index in [-0.39, 0.29) is 19.3 Å². The fraction of sp³-hybridized carbons (Fsp3) is 0.217. The Bertz CT molecular complexity index is 1130. The van der Waals surface area contributed by atoms with Crippen molar-refractivity contribution in [2.24, 2.45) is 0 Å². The van der Waals surface area contributed by atoms with Crippen molar-refractivity contribution in [3.8, 4) is 21.9 Å². The molecule has 0 fully saturated rings. The van der Waals surface area contributed by atoms with Gasteiger partial charge in [0.25, 0.3) is 0 Å². The van der Waals surface area contributed by atoms with Crippen molar-refractivity contribution in [3.05, 3.63) is 66.5 Å². The third-order valence-electron chi connectivity index (χ3n) is 4.78. The van der Waals surface area contributed by atoms with Gasteiger partial charge >= 0.3 is 0 Å². The molecule has 0 saturated carbocycles. The van der Waals surface area contributed by atoms with Gasteiger partial charge in [-0.2, -0.15) is 0 Å². The molecule has 0 bridgehead atoms. The van der Waals surface area contributed by atoms with Crippen LogP contribution in [0.15, 0.2) is 60.9 Å². The van der Waals surface area contributed by atoms with E-state index >= 15 is 0 Å². The van der Waals surface area contributed by atoms with Gasteiger partial charge in [-0.05, 0) is 36.2 Å². The van der Waals surface area contributed by atoms with E-state index in [1.165, 1.54) is 5.56 Å². The maximum Gasteiger partial charge on any atom is 0.161 e. The molecule has 6 nitrogen and oxygen atoms in total. The highest BCUT2D eigenvalue weighted by atomic mass is 32.1. The second-order valence-electron chi connectivity index (χ2n) is 6.77. The first-order valence-electron chi connectivity index (χ1n) is 9.67. The number of anilines is 1. The molecule has 0 spiro atoms. The van der Waals surface area contributed by atoms with Gasteiger partial charge in [0.1, 0.15) is 23.6 Å². The summed E-state index contributed by atoms with van der Waals surface area (Å²) < 4.78 is 11.0. The van der Waals surface area contributed by atoms with Crippen LogP contribution in [0.25, 0.3) is 20.7 Å². The van der Waals surface area contributed by atoms with Gasteiger partial charge in [-0.25, -0.2) is 9.97 Å². The normalized spacial score (nSPS) is 12.0. The van der Waals surface area contributed by atoms with Crippen LogP contribution in [0.5, 0.6) is 11.5 Å². The molecule has 4 rings (SSSR count). The average Bonchev–Trinajstić information content (AvgIpc) is 3.23. The zero-order valence-corrected chi connectivity index (χ0v) is 17.6. The number of benzene rings is 2. The second kappa shape index (κ2) is 9.11. The largest absolute Gasteiger partial charge is 0.493 e. The number of nitrogens with one attached hydrogen (secondary N) is 1. The topological polar surface area (TPSA) is 76.5 Å². The first-order valence-corrected chi connectivity index (χ1v) is 10.5. The minimum absolute atomic E-state index is 0.0102. The molecular formula is C23H23N3O3S. The van der Waals surface area contributed by atoms with Gasteiger partial charge < -0.3 is 19.9 Å². The zero-order valence-electron chi connectivity index (χ0n) is 16.8. The Balaban J connectivity index is 1.60. The molecule has 0 saturated heterocycles. The van der Waals surface area contributed by atoms with Crippen molar-refractivity contribution >= 4 is 27.4 Å². The molecule has 2 N–H and O–H groups in total. The number of thiophene rings is 1. The van der Waals surface area contributed by atoms with E-state index in [2.05, 4.69) is 40.4 Å². The molecule has 4 aromatic rings. The second-order valence-corrected chi connectivity index (χ2v) is 7.80. The van der Waals surface area contributed by atoms with E-state index in [4.69, 9.17) is 14.6 Å². The van der Waals surface area contributed by atoms with Gasteiger partial charge in [-0.15, -0.1) is 11.3 Å². The number of aromatic nitrogens is 2. The number of hydrogen-bond acceptors (Lipinski definition) is 7. The summed E-state index contributed by atoms with van der Waals surface area (Å²) in [6, 6.07) is 18.2. The molecule has 0 aliphatic rings. The van der Waals surface area contributed by atoms with Crippen LogP contribution in [0.1, 0.15) is 18.5 Å². The molecule has 154 valence electrons. The van der Waals surface area contributed by atoms with Gasteiger partial charge in [-0.3, -0.25) is 0 Å². The SMILES string of the molecule is COc1cc(C(C)Nc2ncnc3sc(-c4ccccc4)cc23)ccc1OCCO. The van der Waals surface area contributed by atoms with Crippen molar-refractivity contribution < 1.29 is 14.6 Å². The Labute approximate surface area is 179 Å². The molecule has 7 heteroatoms. The molecule has 0 aliphatic heterocycles.